The van der Waals surface area contributed by atoms with Crippen LogP contribution in [-0.2, 0) is 17.8 Å². The van der Waals surface area contributed by atoms with Crippen molar-refractivity contribution in [2.45, 2.75) is 13.0 Å². The maximum atomic E-state index is 12.5. The molecule has 0 unspecified atom stereocenters. The van der Waals surface area contributed by atoms with E-state index in [1.165, 1.54) is 16.8 Å². The van der Waals surface area contributed by atoms with Crippen molar-refractivity contribution in [3.05, 3.63) is 59.0 Å². The van der Waals surface area contributed by atoms with E-state index in [4.69, 9.17) is 10.5 Å². The van der Waals surface area contributed by atoms with Crippen LogP contribution in [0.4, 0.5) is 0 Å². The summed E-state index contributed by atoms with van der Waals surface area (Å²) in [6.07, 6.45) is 1.78. The van der Waals surface area contributed by atoms with Crippen LogP contribution in [0.3, 0.4) is 0 Å². The number of nitrogens with one attached hydrogen (secondary N) is 1. The number of hydrogen-bond donors (Lipinski definition) is 2. The van der Waals surface area contributed by atoms with Gasteiger partial charge in [0.05, 0.1) is 6.20 Å². The summed E-state index contributed by atoms with van der Waals surface area (Å²) in [5.41, 5.74) is 7.45. The number of carbonyl (C=O) groups is 3. The Hall–Kier alpha value is -3.75. The van der Waals surface area contributed by atoms with Crippen molar-refractivity contribution in [2.75, 3.05) is 6.61 Å². The summed E-state index contributed by atoms with van der Waals surface area (Å²) in [6, 6.07) is 8.30. The zero-order chi connectivity index (χ0) is 19.0. The summed E-state index contributed by atoms with van der Waals surface area (Å²) in [5, 5.41) is 6.71. The molecule has 0 spiro atoms. The Morgan fingerprint density at radius 3 is 2.93 bits per heavy atom. The molecule has 1 aromatic carbocycles. The molecule has 1 aliphatic rings. The monoisotopic (exact) mass is 365 g/mol. The number of hydrogen-bond acceptors (Lipinski definition) is 6. The molecule has 3 aromatic rings. The van der Waals surface area contributed by atoms with Crippen molar-refractivity contribution in [1.29, 1.82) is 0 Å². The number of amides is 2. The quantitative estimate of drug-likeness (QED) is 0.682. The zero-order valence-corrected chi connectivity index (χ0v) is 14.1. The molecule has 0 aliphatic carbocycles. The lowest BCUT2D eigenvalue weighted by molar-refractivity contribution is -0.121. The molecule has 136 valence electrons. The van der Waals surface area contributed by atoms with E-state index in [1.54, 1.807) is 12.1 Å². The first-order valence-electron chi connectivity index (χ1n) is 8.20. The molecule has 3 heterocycles. The fourth-order valence-corrected chi connectivity index (χ4v) is 2.92. The fourth-order valence-electron chi connectivity index (χ4n) is 2.92. The van der Waals surface area contributed by atoms with E-state index in [0.29, 0.717) is 17.8 Å². The van der Waals surface area contributed by atoms with Gasteiger partial charge in [0.2, 0.25) is 0 Å². The van der Waals surface area contributed by atoms with Crippen LogP contribution in [0.15, 0.2) is 36.5 Å². The zero-order valence-electron chi connectivity index (χ0n) is 14.1. The van der Waals surface area contributed by atoms with E-state index in [1.807, 2.05) is 12.1 Å². The lowest BCUT2D eigenvalue weighted by Gasteiger charge is -2.17. The molecule has 2 amide bonds. The number of rotatable bonds is 4. The lowest BCUT2D eigenvalue weighted by atomic mass is 10.0. The lowest BCUT2D eigenvalue weighted by Crippen LogP contribution is -2.26. The third kappa shape index (κ3) is 3.22. The predicted octanol–water partition coefficient (Wildman–Crippen LogP) is 0.262. The topological polar surface area (TPSA) is 129 Å². The average Bonchev–Trinajstić information content (AvgIpc) is 3.13. The van der Waals surface area contributed by atoms with Crippen molar-refractivity contribution in [2.24, 2.45) is 5.73 Å². The second-order valence-electron chi connectivity index (χ2n) is 6.12. The van der Waals surface area contributed by atoms with Crippen molar-refractivity contribution < 1.29 is 19.1 Å². The molecule has 9 nitrogen and oxygen atoms in total. The van der Waals surface area contributed by atoms with E-state index < -0.39 is 11.8 Å². The molecule has 27 heavy (non-hydrogen) atoms. The van der Waals surface area contributed by atoms with Gasteiger partial charge in [-0.15, -0.1) is 0 Å². The van der Waals surface area contributed by atoms with Crippen LogP contribution in [0.5, 0.6) is 5.75 Å². The minimum absolute atomic E-state index is 0.0148. The van der Waals surface area contributed by atoms with Gasteiger partial charge in [0.25, 0.3) is 11.8 Å². The van der Waals surface area contributed by atoms with Crippen molar-refractivity contribution >= 4 is 23.2 Å². The predicted molar refractivity (Wildman–Crippen MR) is 93.3 cm³/mol. The maximum Gasteiger partial charge on any atom is 0.270 e. The summed E-state index contributed by atoms with van der Waals surface area (Å²) in [7, 11) is 0. The second kappa shape index (κ2) is 6.52. The highest BCUT2D eigenvalue weighted by Gasteiger charge is 2.18. The van der Waals surface area contributed by atoms with Crippen molar-refractivity contribution in [3.8, 4) is 5.75 Å². The number of ketones is 1. The van der Waals surface area contributed by atoms with Crippen LogP contribution in [0, 0.1) is 0 Å². The number of aromatic nitrogens is 3. The fraction of sp³-hybridized carbons (Fsp3) is 0.167. The Morgan fingerprint density at radius 1 is 1.26 bits per heavy atom. The normalized spacial score (nSPS) is 13.1. The summed E-state index contributed by atoms with van der Waals surface area (Å²) >= 11 is 0. The van der Waals surface area contributed by atoms with Gasteiger partial charge in [0.15, 0.2) is 11.4 Å². The third-order valence-corrected chi connectivity index (χ3v) is 4.20. The van der Waals surface area contributed by atoms with E-state index in [9.17, 15) is 14.4 Å². The van der Waals surface area contributed by atoms with Crippen LogP contribution >= 0.6 is 0 Å². The molecule has 4 rings (SSSR count). The average molecular weight is 365 g/mol. The number of carbonyl (C=O) groups excluding carboxylic acids is 3. The smallest absolute Gasteiger partial charge is 0.270 e. The Labute approximate surface area is 153 Å². The van der Waals surface area contributed by atoms with Gasteiger partial charge in [-0.2, -0.15) is 5.10 Å². The molecule has 0 saturated heterocycles. The van der Waals surface area contributed by atoms with Crippen LogP contribution in [-0.4, -0.2) is 38.8 Å². The number of fused-ring (bicyclic) bond motifs is 2. The molecule has 1 aliphatic heterocycles. The number of primary amides is 1. The van der Waals surface area contributed by atoms with E-state index in [2.05, 4.69) is 15.4 Å². The molecular formula is C18H15N5O4. The van der Waals surface area contributed by atoms with Crippen LogP contribution < -0.4 is 15.8 Å². The van der Waals surface area contributed by atoms with Gasteiger partial charge in [-0.3, -0.25) is 14.4 Å². The summed E-state index contributed by atoms with van der Waals surface area (Å²) < 4.78 is 6.63. The van der Waals surface area contributed by atoms with Gasteiger partial charge in [-0.1, -0.05) is 6.07 Å². The Bertz CT molecular complexity index is 1090. The number of nitrogens with two attached hydrogens (primary N) is 1. The van der Waals surface area contributed by atoms with Crippen LogP contribution in [0.2, 0.25) is 0 Å². The van der Waals surface area contributed by atoms with Gasteiger partial charge < -0.3 is 15.8 Å². The van der Waals surface area contributed by atoms with Gasteiger partial charge in [0, 0.05) is 30.7 Å². The van der Waals surface area contributed by atoms with Crippen LogP contribution in [0.1, 0.15) is 32.1 Å². The molecule has 0 atom stereocenters. The van der Waals surface area contributed by atoms with Crippen molar-refractivity contribution in [1.82, 2.24) is 19.9 Å². The number of Topliss-reactive ketones (excluding diaryl/α,β-unsaturated/α-hetero) is 1. The largest absolute Gasteiger partial charge is 0.486 e. The molecule has 0 radical (unpaired) electrons. The highest BCUT2D eigenvalue weighted by molar-refractivity contribution is 5.97. The van der Waals surface area contributed by atoms with Crippen LogP contribution in [0.25, 0.3) is 5.65 Å². The Balaban J connectivity index is 1.53. The number of benzene rings is 1. The second-order valence-corrected chi connectivity index (χ2v) is 6.12. The molecule has 0 fully saturated rings. The Kier molecular flexibility index (Phi) is 4.03. The summed E-state index contributed by atoms with van der Waals surface area (Å²) in [4.78, 5) is 39.8. The first-order chi connectivity index (χ1) is 13.0. The minimum Gasteiger partial charge on any atom is -0.486 e. The summed E-state index contributed by atoms with van der Waals surface area (Å²) in [5.74, 6) is -0.463. The van der Waals surface area contributed by atoms with E-state index >= 15 is 0 Å². The SMILES string of the molecule is NC(=O)c1cc(C(=O)NCc2ccc3c(c2)CC(=O)CO3)nc2ccnn12. The first kappa shape index (κ1) is 16.7. The standard InChI is InChI=1S/C18H15N5O4/c19-17(25)14-7-13(22-16-3-4-21-23(14)16)18(26)20-8-10-1-2-15-11(5-10)6-12(24)9-27-15/h1-5,7H,6,8-9H2,(H2,19,25)(H,20,26). The molecular weight excluding hydrogens is 350 g/mol. The molecule has 9 heteroatoms. The van der Waals surface area contributed by atoms with Gasteiger partial charge in [-0.25, -0.2) is 9.50 Å². The molecule has 0 bridgehead atoms. The van der Waals surface area contributed by atoms with E-state index in [0.717, 1.165) is 11.1 Å². The molecule has 0 saturated carbocycles. The first-order valence-corrected chi connectivity index (χ1v) is 8.20. The molecule has 3 N–H and O–H groups in total. The maximum absolute atomic E-state index is 12.5. The minimum atomic E-state index is -0.709. The third-order valence-electron chi connectivity index (χ3n) is 4.20. The van der Waals surface area contributed by atoms with E-state index in [-0.39, 0.29) is 30.3 Å². The van der Waals surface area contributed by atoms with Crippen molar-refractivity contribution in [3.63, 3.8) is 0 Å². The number of ether oxygens (including phenoxy) is 1. The Morgan fingerprint density at radius 2 is 2.11 bits per heavy atom. The molecule has 2 aromatic heterocycles. The number of nitrogens with zero attached hydrogens (tertiary/aromatic N) is 3. The van der Waals surface area contributed by atoms with Gasteiger partial charge >= 0.3 is 0 Å². The van der Waals surface area contributed by atoms with Gasteiger partial charge in [-0.05, 0) is 17.7 Å². The van der Waals surface area contributed by atoms with Gasteiger partial charge in [0.1, 0.15) is 23.7 Å². The highest BCUT2D eigenvalue weighted by atomic mass is 16.5. The highest BCUT2D eigenvalue weighted by Crippen LogP contribution is 2.24. The summed E-state index contributed by atoms with van der Waals surface area (Å²) in [6.45, 7) is 0.326.